The summed E-state index contributed by atoms with van der Waals surface area (Å²) in [5.74, 6) is -0.690. The molecule has 5 heteroatoms. The third-order valence-corrected chi connectivity index (χ3v) is 3.15. The van der Waals surface area contributed by atoms with Crippen molar-refractivity contribution >= 4 is 17.6 Å². The number of likely N-dealkylation sites (N-methyl/N-ethyl adjacent to an activating group) is 1. The van der Waals surface area contributed by atoms with Crippen molar-refractivity contribution in [2.45, 2.75) is 25.8 Å². The van der Waals surface area contributed by atoms with Gasteiger partial charge in [-0.3, -0.25) is 4.79 Å². The van der Waals surface area contributed by atoms with Gasteiger partial charge in [0.2, 0.25) is 0 Å². The SMILES string of the molecule is Cc1cc(N)cc(C(=O)OCC(=O)N(C)C2CC2)c1. The number of anilines is 1. The number of nitrogen functional groups attached to an aromatic ring is 1. The van der Waals surface area contributed by atoms with Crippen molar-refractivity contribution in [1.29, 1.82) is 0 Å². The average Bonchev–Trinajstić information content (AvgIpc) is 3.17. The summed E-state index contributed by atoms with van der Waals surface area (Å²) in [7, 11) is 1.73. The second-order valence-corrected chi connectivity index (χ2v) is 4.94. The molecule has 0 saturated heterocycles. The molecule has 0 heterocycles. The van der Waals surface area contributed by atoms with Crippen molar-refractivity contribution in [2.75, 3.05) is 19.4 Å². The third-order valence-electron chi connectivity index (χ3n) is 3.15. The first kappa shape index (κ1) is 13.4. The standard InChI is InChI=1S/C14H18N2O3/c1-9-5-10(7-11(15)6-9)14(18)19-8-13(17)16(2)12-3-4-12/h5-7,12H,3-4,8,15H2,1-2H3. The number of amides is 1. The Morgan fingerprint density at radius 2 is 2.05 bits per heavy atom. The smallest absolute Gasteiger partial charge is 0.338 e. The van der Waals surface area contributed by atoms with Gasteiger partial charge in [0.1, 0.15) is 0 Å². The lowest BCUT2D eigenvalue weighted by Crippen LogP contribution is -2.32. The van der Waals surface area contributed by atoms with Gasteiger partial charge in [-0.1, -0.05) is 0 Å². The number of hydrogen-bond acceptors (Lipinski definition) is 4. The summed E-state index contributed by atoms with van der Waals surface area (Å²) < 4.78 is 5.01. The van der Waals surface area contributed by atoms with E-state index in [-0.39, 0.29) is 12.5 Å². The van der Waals surface area contributed by atoms with E-state index in [9.17, 15) is 9.59 Å². The second-order valence-electron chi connectivity index (χ2n) is 4.94. The van der Waals surface area contributed by atoms with Crippen molar-refractivity contribution in [1.82, 2.24) is 4.90 Å². The Labute approximate surface area is 112 Å². The Morgan fingerprint density at radius 1 is 1.37 bits per heavy atom. The van der Waals surface area contributed by atoms with Crippen LogP contribution in [0.1, 0.15) is 28.8 Å². The molecular weight excluding hydrogens is 244 g/mol. The van der Waals surface area contributed by atoms with E-state index in [1.807, 2.05) is 6.92 Å². The van der Waals surface area contributed by atoms with Crippen LogP contribution in [0.4, 0.5) is 5.69 Å². The number of nitrogens with two attached hydrogens (primary N) is 1. The summed E-state index contributed by atoms with van der Waals surface area (Å²) in [6, 6.07) is 5.32. The van der Waals surface area contributed by atoms with Gasteiger partial charge in [0, 0.05) is 18.8 Å². The van der Waals surface area contributed by atoms with Crippen LogP contribution in [0.25, 0.3) is 0 Å². The zero-order valence-corrected chi connectivity index (χ0v) is 11.2. The van der Waals surface area contributed by atoms with E-state index >= 15 is 0 Å². The molecule has 1 amide bonds. The highest BCUT2D eigenvalue weighted by Crippen LogP contribution is 2.25. The molecule has 0 aliphatic heterocycles. The molecule has 1 aromatic carbocycles. The van der Waals surface area contributed by atoms with Crippen LogP contribution in [0.5, 0.6) is 0 Å². The van der Waals surface area contributed by atoms with E-state index in [1.165, 1.54) is 0 Å². The molecule has 5 nitrogen and oxygen atoms in total. The minimum atomic E-state index is -0.520. The molecular formula is C14H18N2O3. The predicted molar refractivity (Wildman–Crippen MR) is 71.7 cm³/mol. The Hall–Kier alpha value is -2.04. The van der Waals surface area contributed by atoms with Crippen LogP contribution in [-0.2, 0) is 9.53 Å². The van der Waals surface area contributed by atoms with Crippen LogP contribution < -0.4 is 5.73 Å². The number of benzene rings is 1. The number of aryl methyl sites for hydroxylation is 1. The van der Waals surface area contributed by atoms with E-state index in [2.05, 4.69) is 0 Å². The molecule has 1 aliphatic carbocycles. The monoisotopic (exact) mass is 262 g/mol. The summed E-state index contributed by atoms with van der Waals surface area (Å²) >= 11 is 0. The molecule has 1 saturated carbocycles. The number of ether oxygens (including phenoxy) is 1. The molecule has 0 spiro atoms. The van der Waals surface area contributed by atoms with E-state index in [0.29, 0.717) is 17.3 Å². The van der Waals surface area contributed by atoms with Gasteiger partial charge in [0.25, 0.3) is 5.91 Å². The molecule has 19 heavy (non-hydrogen) atoms. The lowest BCUT2D eigenvalue weighted by atomic mass is 10.1. The summed E-state index contributed by atoms with van der Waals surface area (Å²) in [5, 5.41) is 0. The maximum atomic E-state index is 11.8. The minimum Gasteiger partial charge on any atom is -0.452 e. The summed E-state index contributed by atoms with van der Waals surface area (Å²) in [5.41, 5.74) is 7.43. The van der Waals surface area contributed by atoms with Crippen molar-refractivity contribution in [3.8, 4) is 0 Å². The Morgan fingerprint density at radius 3 is 2.63 bits per heavy atom. The molecule has 0 radical (unpaired) electrons. The van der Waals surface area contributed by atoms with Gasteiger partial charge < -0.3 is 15.4 Å². The molecule has 0 unspecified atom stereocenters. The van der Waals surface area contributed by atoms with Crippen LogP contribution in [0.2, 0.25) is 0 Å². The van der Waals surface area contributed by atoms with Crippen LogP contribution in [0.15, 0.2) is 18.2 Å². The molecule has 1 aliphatic rings. The summed E-state index contributed by atoms with van der Waals surface area (Å²) in [6.45, 7) is 1.62. The van der Waals surface area contributed by atoms with Gasteiger partial charge in [-0.15, -0.1) is 0 Å². The highest BCUT2D eigenvalue weighted by Gasteiger charge is 2.29. The number of rotatable bonds is 4. The number of esters is 1. The summed E-state index contributed by atoms with van der Waals surface area (Å²) in [6.07, 6.45) is 2.06. The molecule has 2 rings (SSSR count). The fourth-order valence-electron chi connectivity index (χ4n) is 1.91. The van der Waals surface area contributed by atoms with Gasteiger partial charge in [-0.05, 0) is 43.5 Å². The quantitative estimate of drug-likeness (QED) is 0.656. The number of carbonyl (C=O) groups excluding carboxylic acids is 2. The summed E-state index contributed by atoms with van der Waals surface area (Å²) in [4.78, 5) is 25.2. The first-order valence-corrected chi connectivity index (χ1v) is 6.27. The van der Waals surface area contributed by atoms with Gasteiger partial charge in [0.05, 0.1) is 5.56 Å². The van der Waals surface area contributed by atoms with Crippen molar-refractivity contribution in [3.63, 3.8) is 0 Å². The minimum absolute atomic E-state index is 0.170. The molecule has 0 aromatic heterocycles. The lowest BCUT2D eigenvalue weighted by molar-refractivity contribution is -0.133. The van der Waals surface area contributed by atoms with Crippen LogP contribution in [0, 0.1) is 6.92 Å². The second kappa shape index (κ2) is 5.30. The first-order chi connectivity index (χ1) is 8.97. The fraction of sp³-hybridized carbons (Fsp3) is 0.429. The van der Waals surface area contributed by atoms with E-state index in [0.717, 1.165) is 18.4 Å². The van der Waals surface area contributed by atoms with Gasteiger partial charge in [0.15, 0.2) is 6.61 Å². The Bertz CT molecular complexity index is 489. The van der Waals surface area contributed by atoms with Gasteiger partial charge >= 0.3 is 5.97 Å². The van der Waals surface area contributed by atoms with Crippen molar-refractivity contribution < 1.29 is 14.3 Å². The lowest BCUT2D eigenvalue weighted by Gasteiger charge is -2.16. The topological polar surface area (TPSA) is 72.6 Å². The van der Waals surface area contributed by atoms with Gasteiger partial charge in [-0.25, -0.2) is 4.79 Å². The van der Waals surface area contributed by atoms with E-state index in [1.54, 1.807) is 30.1 Å². The van der Waals surface area contributed by atoms with Crippen LogP contribution in [-0.4, -0.2) is 36.5 Å². The molecule has 2 N–H and O–H groups in total. The number of carbonyl (C=O) groups is 2. The van der Waals surface area contributed by atoms with Crippen molar-refractivity contribution in [3.05, 3.63) is 29.3 Å². The first-order valence-electron chi connectivity index (χ1n) is 6.27. The number of hydrogen-bond donors (Lipinski definition) is 1. The molecule has 1 aromatic rings. The fourth-order valence-corrected chi connectivity index (χ4v) is 1.91. The Kier molecular flexibility index (Phi) is 3.74. The Balaban J connectivity index is 1.91. The predicted octanol–water partition coefficient (Wildman–Crippen LogP) is 1.35. The molecule has 1 fully saturated rings. The maximum Gasteiger partial charge on any atom is 0.338 e. The number of nitrogens with zero attached hydrogens (tertiary/aromatic N) is 1. The molecule has 0 atom stereocenters. The van der Waals surface area contributed by atoms with E-state index < -0.39 is 5.97 Å². The van der Waals surface area contributed by atoms with Crippen molar-refractivity contribution in [2.24, 2.45) is 0 Å². The third kappa shape index (κ3) is 3.47. The van der Waals surface area contributed by atoms with Gasteiger partial charge in [-0.2, -0.15) is 0 Å². The zero-order valence-electron chi connectivity index (χ0n) is 11.2. The highest BCUT2D eigenvalue weighted by molar-refractivity contribution is 5.92. The molecule has 0 bridgehead atoms. The maximum absolute atomic E-state index is 11.8. The largest absolute Gasteiger partial charge is 0.452 e. The highest BCUT2D eigenvalue weighted by atomic mass is 16.5. The zero-order chi connectivity index (χ0) is 14.0. The van der Waals surface area contributed by atoms with Crippen LogP contribution >= 0.6 is 0 Å². The normalized spacial score (nSPS) is 14.0. The average molecular weight is 262 g/mol. The van der Waals surface area contributed by atoms with Crippen LogP contribution in [0.3, 0.4) is 0 Å². The molecule has 102 valence electrons. The van der Waals surface area contributed by atoms with E-state index in [4.69, 9.17) is 10.5 Å².